The van der Waals surface area contributed by atoms with Gasteiger partial charge in [0.05, 0.1) is 5.92 Å². The van der Waals surface area contributed by atoms with Crippen molar-refractivity contribution in [2.45, 2.75) is 97.4 Å². The lowest BCUT2D eigenvalue weighted by atomic mass is 9.98. The fraction of sp³-hybridized carbons (Fsp3) is 0.714. The number of esters is 2. The molecule has 0 aliphatic carbocycles. The molecule has 0 N–H and O–H groups in total. The van der Waals surface area contributed by atoms with Crippen molar-refractivity contribution in [3.63, 3.8) is 0 Å². The molecule has 2 amide bonds. The van der Waals surface area contributed by atoms with Gasteiger partial charge in [0.15, 0.2) is 0 Å². The fourth-order valence-electron chi connectivity index (χ4n) is 4.31. The summed E-state index contributed by atoms with van der Waals surface area (Å²) in [6.45, 7) is 14.6. The summed E-state index contributed by atoms with van der Waals surface area (Å²) in [7, 11) is 1.54. The van der Waals surface area contributed by atoms with Crippen LogP contribution in [0, 0.1) is 22.6 Å². The van der Waals surface area contributed by atoms with Gasteiger partial charge in [-0.3, -0.25) is 14.5 Å². The van der Waals surface area contributed by atoms with Gasteiger partial charge >= 0.3 is 18.0 Å². The van der Waals surface area contributed by atoms with Crippen LogP contribution in [-0.4, -0.2) is 77.7 Å². The summed E-state index contributed by atoms with van der Waals surface area (Å²) in [5.41, 5.74) is -0.692. The highest BCUT2D eigenvalue weighted by Gasteiger charge is 2.42. The molecule has 0 spiro atoms. The molecule has 214 valence electrons. The van der Waals surface area contributed by atoms with Gasteiger partial charge in [-0.2, -0.15) is 0 Å². The summed E-state index contributed by atoms with van der Waals surface area (Å²) in [5, 5.41) is 0. The van der Waals surface area contributed by atoms with E-state index in [1.165, 1.54) is 15.9 Å². The zero-order valence-electron chi connectivity index (χ0n) is 23.8. The number of carbonyl (C=O) groups is 4. The Morgan fingerprint density at radius 1 is 1.18 bits per heavy atom. The number of nitrogens with zero attached hydrogens (tertiary/aromatic N) is 2. The van der Waals surface area contributed by atoms with Crippen molar-refractivity contribution < 1.29 is 33.4 Å². The molecule has 0 unspecified atom stereocenters. The Kier molecular flexibility index (Phi) is 13.9. The van der Waals surface area contributed by atoms with Crippen molar-refractivity contribution >= 4 is 39.9 Å². The molecule has 38 heavy (non-hydrogen) atoms. The first-order chi connectivity index (χ1) is 17.7. The normalized spacial score (nSPS) is 17.5. The lowest BCUT2D eigenvalue weighted by Gasteiger charge is -2.35. The van der Waals surface area contributed by atoms with Crippen LogP contribution in [0.3, 0.4) is 0 Å². The minimum absolute atomic E-state index is 0.0559. The molecule has 0 aromatic rings. The Labute approximate surface area is 235 Å². The molecule has 0 aromatic heterocycles. The third-order valence-corrected chi connectivity index (χ3v) is 6.48. The molecule has 0 saturated carbocycles. The summed E-state index contributed by atoms with van der Waals surface area (Å²) >= 11 is 3.06. The maximum atomic E-state index is 13.5. The van der Waals surface area contributed by atoms with Crippen LogP contribution in [-0.2, 0) is 28.6 Å². The van der Waals surface area contributed by atoms with Crippen LogP contribution in [0.2, 0.25) is 0 Å². The van der Waals surface area contributed by atoms with Crippen LogP contribution in [0.5, 0.6) is 0 Å². The van der Waals surface area contributed by atoms with Gasteiger partial charge in [-0.05, 0) is 64.1 Å². The average Bonchev–Trinajstić information content (AvgIpc) is 3.32. The van der Waals surface area contributed by atoms with Gasteiger partial charge in [0.2, 0.25) is 5.91 Å². The Bertz CT molecular complexity index is 903. The molecule has 1 heterocycles. The Hall–Kier alpha value is -2.54. The molecule has 0 radical (unpaired) electrons. The molecule has 0 bridgehead atoms. The van der Waals surface area contributed by atoms with Crippen molar-refractivity contribution in [2.24, 2.45) is 11.8 Å². The van der Waals surface area contributed by atoms with Crippen molar-refractivity contribution in [1.29, 1.82) is 0 Å². The van der Waals surface area contributed by atoms with Crippen LogP contribution in [0.15, 0.2) is 12.7 Å². The highest BCUT2D eigenvalue weighted by atomic mass is 79.9. The minimum Gasteiger partial charge on any atom is -0.461 e. The molecule has 1 saturated heterocycles. The first kappa shape index (κ1) is 33.5. The van der Waals surface area contributed by atoms with Crippen molar-refractivity contribution in [2.75, 3.05) is 20.2 Å². The van der Waals surface area contributed by atoms with Gasteiger partial charge in [-0.1, -0.05) is 32.4 Å². The number of ether oxygens (including phenoxy) is 3. The van der Waals surface area contributed by atoms with E-state index in [1.807, 2.05) is 13.8 Å². The third kappa shape index (κ3) is 10.3. The van der Waals surface area contributed by atoms with Crippen molar-refractivity contribution in [3.05, 3.63) is 12.7 Å². The quantitative estimate of drug-likeness (QED) is 0.106. The second kappa shape index (κ2) is 15.8. The Morgan fingerprint density at radius 3 is 2.39 bits per heavy atom. The molecule has 1 rings (SSSR count). The van der Waals surface area contributed by atoms with Gasteiger partial charge in [0.1, 0.15) is 30.4 Å². The second-order valence-electron chi connectivity index (χ2n) is 10.8. The topological polar surface area (TPSA) is 102 Å². The van der Waals surface area contributed by atoms with E-state index in [-0.39, 0.29) is 18.4 Å². The minimum atomic E-state index is -0.912. The first-order valence-corrected chi connectivity index (χ1v) is 13.9. The van der Waals surface area contributed by atoms with E-state index < -0.39 is 47.7 Å². The smallest absolute Gasteiger partial charge is 0.410 e. The first-order valence-electron chi connectivity index (χ1n) is 13.1. The molecular formula is C28H43BrN2O7. The summed E-state index contributed by atoms with van der Waals surface area (Å²) in [5.74, 6) is 0.422. The molecule has 4 atom stereocenters. The average molecular weight is 600 g/mol. The standard InChI is InChI=1S/C28H43BrN2O7/c1-9-18-36-25(33)20(4)22(15-11-10-12-16-29)37-26(34)23(19(2)3)30(8)24(32)21-14-13-17-31(21)27(35)38-28(5,6)7/h9,19-23H,1,10-11,13-15,17-18H2,2-8H3/t20-,21-,22+,23-/m0/s1. The molecular weight excluding hydrogens is 556 g/mol. The summed E-state index contributed by atoms with van der Waals surface area (Å²) in [6, 6.07) is -1.64. The highest BCUT2D eigenvalue weighted by Crippen LogP contribution is 2.25. The van der Waals surface area contributed by atoms with E-state index in [1.54, 1.807) is 34.7 Å². The lowest BCUT2D eigenvalue weighted by molar-refractivity contribution is -0.168. The highest BCUT2D eigenvalue weighted by molar-refractivity contribution is 9.12. The van der Waals surface area contributed by atoms with Gasteiger partial charge < -0.3 is 19.1 Å². The molecule has 9 nitrogen and oxygen atoms in total. The van der Waals surface area contributed by atoms with E-state index in [2.05, 4.69) is 33.3 Å². The van der Waals surface area contributed by atoms with Crippen LogP contribution in [0.25, 0.3) is 0 Å². The number of hydrogen-bond acceptors (Lipinski definition) is 7. The van der Waals surface area contributed by atoms with E-state index in [4.69, 9.17) is 14.2 Å². The number of amides is 2. The van der Waals surface area contributed by atoms with Crippen LogP contribution in [0.4, 0.5) is 4.79 Å². The summed E-state index contributed by atoms with van der Waals surface area (Å²) < 4.78 is 16.5. The molecule has 0 aromatic carbocycles. The number of likely N-dealkylation sites (N-methyl/N-ethyl adjacent to an activating group) is 1. The zero-order valence-corrected chi connectivity index (χ0v) is 25.3. The van der Waals surface area contributed by atoms with Crippen molar-refractivity contribution in [3.8, 4) is 10.8 Å². The molecule has 1 aliphatic rings. The maximum absolute atomic E-state index is 13.5. The summed E-state index contributed by atoms with van der Waals surface area (Å²) in [4.78, 5) is 57.7. The van der Waals surface area contributed by atoms with Crippen LogP contribution >= 0.6 is 15.9 Å². The number of carbonyl (C=O) groups excluding carboxylic acids is 4. The van der Waals surface area contributed by atoms with Crippen LogP contribution in [0.1, 0.15) is 73.6 Å². The molecule has 1 fully saturated rings. The number of likely N-dealkylation sites (tertiary alicyclic amines) is 1. The van der Waals surface area contributed by atoms with E-state index in [0.29, 0.717) is 38.6 Å². The third-order valence-electron chi connectivity index (χ3n) is 6.20. The van der Waals surface area contributed by atoms with Gasteiger partial charge in [-0.25, -0.2) is 9.59 Å². The van der Waals surface area contributed by atoms with Gasteiger partial charge in [0.25, 0.3) is 0 Å². The predicted molar refractivity (Wildman–Crippen MR) is 148 cm³/mol. The Balaban J connectivity index is 3.08. The zero-order chi connectivity index (χ0) is 29.0. The number of halogens is 1. The second-order valence-corrected chi connectivity index (χ2v) is 11.2. The lowest BCUT2D eigenvalue weighted by Crippen LogP contribution is -2.54. The number of hydrogen-bond donors (Lipinski definition) is 0. The van der Waals surface area contributed by atoms with Gasteiger partial charge in [-0.15, -0.1) is 0 Å². The molecule has 10 heteroatoms. The van der Waals surface area contributed by atoms with Crippen LogP contribution < -0.4 is 0 Å². The number of unbranched alkanes of at least 4 members (excludes halogenated alkanes) is 1. The molecule has 1 aliphatic heterocycles. The largest absolute Gasteiger partial charge is 0.461 e. The number of rotatable bonds is 12. The van der Waals surface area contributed by atoms with Crippen molar-refractivity contribution in [1.82, 2.24) is 9.80 Å². The Morgan fingerprint density at radius 2 is 1.84 bits per heavy atom. The predicted octanol–water partition coefficient (Wildman–Crippen LogP) is 4.67. The van der Waals surface area contributed by atoms with E-state index in [9.17, 15) is 19.2 Å². The van der Waals surface area contributed by atoms with Gasteiger partial charge in [0, 0.05) is 35.9 Å². The summed E-state index contributed by atoms with van der Waals surface area (Å²) in [6.07, 6.45) is 2.85. The fourth-order valence-corrected chi connectivity index (χ4v) is 4.50. The monoisotopic (exact) mass is 598 g/mol. The maximum Gasteiger partial charge on any atom is 0.410 e. The SMILES string of the molecule is C=CCOC(=O)[C@@H](C)[C@@H](CCCC#CBr)OC(=O)[C@H](C(C)C)N(C)C(=O)[C@@H]1CCCN1C(=O)OC(C)(C)C. The van der Waals surface area contributed by atoms with E-state index >= 15 is 0 Å². The van der Waals surface area contributed by atoms with E-state index in [0.717, 1.165) is 0 Å².